The third kappa shape index (κ3) is 3.63. The van der Waals surface area contributed by atoms with Gasteiger partial charge in [-0.15, -0.1) is 11.3 Å². The molecule has 1 N–H and O–H groups in total. The molecule has 2 aromatic rings. The van der Waals surface area contributed by atoms with E-state index in [2.05, 4.69) is 55.0 Å². The number of fused-ring (bicyclic) bond motifs is 1. The maximum atomic E-state index is 12.1. The Hall–Kier alpha value is -1.85. The van der Waals surface area contributed by atoms with Crippen molar-refractivity contribution in [1.29, 1.82) is 0 Å². The van der Waals surface area contributed by atoms with Crippen LogP contribution in [0, 0.1) is 5.41 Å². The lowest BCUT2D eigenvalue weighted by atomic mass is 9.76. The zero-order valence-corrected chi connectivity index (χ0v) is 17.2. The normalized spacial score (nSPS) is 19.7. The molecule has 0 unspecified atom stereocenters. The number of aromatic carboxylic acids is 1. The largest absolute Gasteiger partial charge is 0.478 e. The molecule has 1 aliphatic heterocycles. The van der Waals surface area contributed by atoms with Gasteiger partial charge in [0.05, 0.1) is 5.56 Å². The summed E-state index contributed by atoms with van der Waals surface area (Å²) in [6.07, 6.45) is 2.98. The molecule has 5 heteroatoms. The molecule has 4 rings (SSSR count). The second-order valence-corrected chi connectivity index (χ2v) is 9.80. The SMILES string of the molecule is CN1CCN(c2ccc(-c3sc4c(c3C(=O)O)CC(C)(C)CC4)cc2)CC1. The van der Waals surface area contributed by atoms with Crippen LogP contribution in [0.2, 0.25) is 0 Å². The number of hydrogen-bond donors (Lipinski definition) is 1. The predicted octanol–water partition coefficient (Wildman–Crippen LogP) is 4.38. The highest BCUT2D eigenvalue weighted by Crippen LogP contribution is 2.45. The summed E-state index contributed by atoms with van der Waals surface area (Å²) in [5.41, 5.74) is 4.05. The zero-order chi connectivity index (χ0) is 19.2. The quantitative estimate of drug-likeness (QED) is 0.853. The number of piperazine rings is 1. The fourth-order valence-corrected chi connectivity index (χ4v) is 5.55. The van der Waals surface area contributed by atoms with E-state index in [-0.39, 0.29) is 5.41 Å². The van der Waals surface area contributed by atoms with Gasteiger partial charge in [-0.25, -0.2) is 4.79 Å². The van der Waals surface area contributed by atoms with E-state index in [9.17, 15) is 9.90 Å². The van der Waals surface area contributed by atoms with Gasteiger partial charge in [-0.05, 0) is 55.0 Å². The molecule has 0 saturated carbocycles. The van der Waals surface area contributed by atoms with Gasteiger partial charge >= 0.3 is 5.97 Å². The molecule has 0 bridgehead atoms. The highest BCUT2D eigenvalue weighted by atomic mass is 32.1. The van der Waals surface area contributed by atoms with Crippen LogP contribution in [0.15, 0.2) is 24.3 Å². The lowest BCUT2D eigenvalue weighted by Gasteiger charge is -2.34. The first-order valence-corrected chi connectivity index (χ1v) is 10.6. The van der Waals surface area contributed by atoms with Crippen LogP contribution in [0.5, 0.6) is 0 Å². The van der Waals surface area contributed by atoms with Crippen molar-refractivity contribution in [3.05, 3.63) is 40.3 Å². The Morgan fingerprint density at radius 3 is 2.41 bits per heavy atom. The second kappa shape index (κ2) is 6.95. The minimum Gasteiger partial charge on any atom is -0.478 e. The zero-order valence-electron chi connectivity index (χ0n) is 16.4. The number of anilines is 1. The summed E-state index contributed by atoms with van der Waals surface area (Å²) in [5.74, 6) is -0.789. The van der Waals surface area contributed by atoms with Crippen molar-refractivity contribution < 1.29 is 9.90 Å². The van der Waals surface area contributed by atoms with Gasteiger partial charge in [0.25, 0.3) is 0 Å². The van der Waals surface area contributed by atoms with Gasteiger partial charge < -0.3 is 14.9 Å². The van der Waals surface area contributed by atoms with Gasteiger partial charge in [0.2, 0.25) is 0 Å². The van der Waals surface area contributed by atoms with Crippen LogP contribution in [-0.4, -0.2) is 49.2 Å². The van der Waals surface area contributed by atoms with Crippen LogP contribution >= 0.6 is 11.3 Å². The summed E-state index contributed by atoms with van der Waals surface area (Å²) in [4.78, 5) is 19.0. The van der Waals surface area contributed by atoms with E-state index < -0.39 is 5.97 Å². The van der Waals surface area contributed by atoms with E-state index in [4.69, 9.17) is 0 Å². The lowest BCUT2D eigenvalue weighted by molar-refractivity contribution is 0.0696. The van der Waals surface area contributed by atoms with E-state index in [1.54, 1.807) is 11.3 Å². The number of hydrogen-bond acceptors (Lipinski definition) is 4. The first-order valence-electron chi connectivity index (χ1n) is 9.76. The summed E-state index contributed by atoms with van der Waals surface area (Å²) in [6, 6.07) is 8.49. The second-order valence-electron chi connectivity index (χ2n) is 8.69. The number of aryl methyl sites for hydroxylation is 1. The maximum Gasteiger partial charge on any atom is 0.337 e. The standard InChI is InChI=1S/C22H28N2O2S/c1-22(2)9-8-18-17(14-22)19(21(25)26)20(27-18)15-4-6-16(7-5-15)24-12-10-23(3)11-13-24/h4-7H,8-14H2,1-3H3,(H,25,26). The molecule has 2 heterocycles. The Kier molecular flexibility index (Phi) is 4.77. The molecule has 0 atom stereocenters. The van der Waals surface area contributed by atoms with Crippen molar-refractivity contribution in [1.82, 2.24) is 4.90 Å². The number of rotatable bonds is 3. The van der Waals surface area contributed by atoms with Crippen LogP contribution in [0.4, 0.5) is 5.69 Å². The number of carboxylic acids is 1. The predicted molar refractivity (Wildman–Crippen MR) is 112 cm³/mol. The smallest absolute Gasteiger partial charge is 0.337 e. The summed E-state index contributed by atoms with van der Waals surface area (Å²) in [5, 5.41) is 9.92. The molecule has 1 saturated heterocycles. The van der Waals surface area contributed by atoms with E-state index in [1.165, 1.54) is 10.6 Å². The molecule has 1 fully saturated rings. The van der Waals surface area contributed by atoms with Crippen LogP contribution in [0.1, 0.15) is 41.1 Å². The average molecular weight is 385 g/mol. The number of carboxylic acid groups (broad SMARTS) is 1. The Balaban J connectivity index is 1.66. The lowest BCUT2D eigenvalue weighted by Crippen LogP contribution is -2.44. The number of carbonyl (C=O) groups is 1. The minimum atomic E-state index is -0.789. The van der Waals surface area contributed by atoms with Gasteiger partial charge in [-0.3, -0.25) is 0 Å². The summed E-state index contributed by atoms with van der Waals surface area (Å²) < 4.78 is 0. The van der Waals surface area contributed by atoms with Crippen molar-refractivity contribution in [2.75, 3.05) is 38.1 Å². The molecular formula is C22H28N2O2S. The molecule has 0 amide bonds. The molecule has 1 aromatic heterocycles. The summed E-state index contributed by atoms with van der Waals surface area (Å²) >= 11 is 1.68. The monoisotopic (exact) mass is 384 g/mol. The van der Waals surface area contributed by atoms with Gasteiger partial charge in [-0.2, -0.15) is 0 Å². The Morgan fingerprint density at radius 2 is 1.78 bits per heavy atom. The van der Waals surface area contributed by atoms with Crippen LogP contribution < -0.4 is 4.90 Å². The van der Waals surface area contributed by atoms with Crippen molar-refractivity contribution >= 4 is 23.0 Å². The van der Waals surface area contributed by atoms with E-state index in [0.717, 1.165) is 61.4 Å². The molecule has 1 aromatic carbocycles. The minimum absolute atomic E-state index is 0.181. The molecular weight excluding hydrogens is 356 g/mol. The highest BCUT2D eigenvalue weighted by molar-refractivity contribution is 7.16. The maximum absolute atomic E-state index is 12.1. The Labute approximate surface area is 165 Å². The third-order valence-electron chi connectivity index (χ3n) is 5.99. The molecule has 4 nitrogen and oxygen atoms in total. The van der Waals surface area contributed by atoms with Crippen molar-refractivity contribution in [2.45, 2.75) is 33.1 Å². The van der Waals surface area contributed by atoms with Gasteiger partial charge in [-0.1, -0.05) is 26.0 Å². The van der Waals surface area contributed by atoms with Crippen LogP contribution in [0.25, 0.3) is 10.4 Å². The van der Waals surface area contributed by atoms with Crippen LogP contribution in [-0.2, 0) is 12.8 Å². The van der Waals surface area contributed by atoms with Crippen molar-refractivity contribution in [2.24, 2.45) is 5.41 Å². The first kappa shape index (κ1) is 18.5. The van der Waals surface area contributed by atoms with E-state index in [0.29, 0.717) is 5.56 Å². The number of benzene rings is 1. The Morgan fingerprint density at radius 1 is 1.11 bits per heavy atom. The first-order chi connectivity index (χ1) is 12.8. The fourth-order valence-electron chi connectivity index (χ4n) is 4.24. The Bertz CT molecular complexity index is 846. The van der Waals surface area contributed by atoms with Gasteiger partial charge in [0, 0.05) is 41.6 Å². The fraction of sp³-hybridized carbons (Fsp3) is 0.500. The van der Waals surface area contributed by atoms with E-state index >= 15 is 0 Å². The number of thiophene rings is 1. The molecule has 144 valence electrons. The topological polar surface area (TPSA) is 43.8 Å². The number of likely N-dealkylation sites (N-methyl/N-ethyl adjacent to an activating group) is 1. The molecule has 0 radical (unpaired) electrons. The molecule has 1 aliphatic carbocycles. The summed E-state index contributed by atoms with van der Waals surface area (Å²) in [7, 11) is 2.16. The van der Waals surface area contributed by atoms with E-state index in [1.807, 2.05) is 0 Å². The van der Waals surface area contributed by atoms with Crippen molar-refractivity contribution in [3.8, 4) is 10.4 Å². The molecule has 27 heavy (non-hydrogen) atoms. The highest BCUT2D eigenvalue weighted by Gasteiger charge is 2.33. The number of nitrogens with zero attached hydrogens (tertiary/aromatic N) is 2. The molecule has 0 spiro atoms. The average Bonchev–Trinajstić information content (AvgIpc) is 3.00. The van der Waals surface area contributed by atoms with Crippen molar-refractivity contribution in [3.63, 3.8) is 0 Å². The van der Waals surface area contributed by atoms with Gasteiger partial charge in [0.15, 0.2) is 0 Å². The summed E-state index contributed by atoms with van der Waals surface area (Å²) in [6.45, 7) is 8.72. The van der Waals surface area contributed by atoms with Gasteiger partial charge in [0.1, 0.15) is 0 Å². The van der Waals surface area contributed by atoms with Crippen LogP contribution in [0.3, 0.4) is 0 Å². The third-order valence-corrected chi connectivity index (χ3v) is 7.33. The molecule has 2 aliphatic rings.